The Morgan fingerprint density at radius 2 is 1.77 bits per heavy atom. The second-order valence-corrected chi connectivity index (χ2v) is 10.3. The number of halogens is 3. The number of carboxylic acid groups (broad SMARTS) is 1. The zero-order valence-electron chi connectivity index (χ0n) is 22.4. The number of fused-ring (bicyclic) bond motifs is 1. The monoisotopic (exact) mass is 547 g/mol. The molecule has 1 aliphatic heterocycles. The van der Waals surface area contributed by atoms with Gasteiger partial charge in [-0.2, -0.15) is 0 Å². The van der Waals surface area contributed by atoms with E-state index in [9.17, 15) is 23.1 Å². The van der Waals surface area contributed by atoms with Crippen molar-refractivity contribution in [2.45, 2.75) is 32.1 Å². The second-order valence-electron chi connectivity index (χ2n) is 10.3. The topological polar surface area (TPSA) is 49.8 Å². The molecular formula is C33H32F3NO3. The molecule has 1 fully saturated rings. The largest absolute Gasteiger partial charge is 0.496 e. The van der Waals surface area contributed by atoms with Crippen molar-refractivity contribution in [3.05, 3.63) is 105 Å². The first-order valence-corrected chi connectivity index (χ1v) is 13.5. The van der Waals surface area contributed by atoms with Gasteiger partial charge in [-0.25, -0.2) is 13.6 Å². The molecule has 0 spiro atoms. The summed E-state index contributed by atoms with van der Waals surface area (Å²) in [7, 11) is 1.39. The first-order valence-electron chi connectivity index (χ1n) is 13.5. The molecule has 3 aromatic carbocycles. The number of carboxylic acids is 1. The lowest BCUT2D eigenvalue weighted by Crippen LogP contribution is -2.40. The van der Waals surface area contributed by atoms with Crippen LogP contribution in [-0.2, 0) is 6.42 Å². The fourth-order valence-electron chi connectivity index (χ4n) is 5.66. The smallest absolute Gasteiger partial charge is 0.335 e. The van der Waals surface area contributed by atoms with Gasteiger partial charge in [0.15, 0.2) is 0 Å². The summed E-state index contributed by atoms with van der Waals surface area (Å²) in [6, 6.07) is 18.3. The number of hydrogen-bond donors (Lipinski definition) is 1. The number of rotatable bonds is 9. The van der Waals surface area contributed by atoms with Crippen molar-refractivity contribution >= 4 is 23.2 Å². The van der Waals surface area contributed by atoms with Crippen LogP contribution in [-0.4, -0.2) is 49.4 Å². The molecular weight excluding hydrogens is 515 g/mol. The van der Waals surface area contributed by atoms with Crippen LogP contribution in [0.3, 0.4) is 0 Å². The number of methoxy groups -OCH3 is 1. The van der Waals surface area contributed by atoms with E-state index < -0.39 is 12.4 Å². The zero-order chi connectivity index (χ0) is 28.2. The van der Waals surface area contributed by atoms with Gasteiger partial charge in [-0.3, -0.25) is 9.29 Å². The van der Waals surface area contributed by atoms with Gasteiger partial charge in [-0.05, 0) is 94.5 Å². The van der Waals surface area contributed by atoms with Gasteiger partial charge in [0, 0.05) is 19.6 Å². The molecule has 1 saturated heterocycles. The Kier molecular flexibility index (Phi) is 8.40. The number of carbonyl (C=O) groups is 1. The highest BCUT2D eigenvalue weighted by atomic mass is 19.3. The average molecular weight is 548 g/mol. The fraction of sp³-hybridized carbons (Fsp3) is 0.303. The SMILES string of the molecule is COc1cc(C2=C(c3ccc(C=C4CN(CCCF)C4)cc3)c3ccc(C(=O)O)cc3CCC2)ccc1C(F)F. The average Bonchev–Trinajstić information content (AvgIpc) is 3.13. The standard InChI is InChI=1S/C33H32F3NO3/c1-40-30-18-25(10-13-29(30)32(35)36)27-5-2-4-24-17-26(33(38)39)11-12-28(24)31(27)23-8-6-21(7-9-23)16-22-19-37(20-22)15-3-14-34/h6-13,16-18,32H,2-5,14-15,19-20H2,1H3,(H,38,39). The Bertz CT molecular complexity index is 1450. The first kappa shape index (κ1) is 27.7. The van der Waals surface area contributed by atoms with Gasteiger partial charge in [0.1, 0.15) is 5.75 Å². The van der Waals surface area contributed by atoms with Crippen LogP contribution in [0.15, 0.2) is 66.2 Å². The van der Waals surface area contributed by atoms with Gasteiger partial charge in [-0.1, -0.05) is 42.5 Å². The van der Waals surface area contributed by atoms with Gasteiger partial charge >= 0.3 is 5.97 Å². The van der Waals surface area contributed by atoms with E-state index in [1.165, 1.54) is 18.7 Å². The fourth-order valence-corrected chi connectivity index (χ4v) is 5.66. The molecule has 0 unspecified atom stereocenters. The maximum absolute atomic E-state index is 13.6. The first-order chi connectivity index (χ1) is 19.4. The molecule has 5 rings (SSSR count). The van der Waals surface area contributed by atoms with Crippen LogP contribution in [0.1, 0.15) is 69.4 Å². The normalized spacial score (nSPS) is 15.5. The summed E-state index contributed by atoms with van der Waals surface area (Å²) in [5, 5.41) is 9.57. The van der Waals surface area contributed by atoms with Crippen LogP contribution in [0.2, 0.25) is 0 Å². The van der Waals surface area contributed by atoms with E-state index in [0.717, 1.165) is 65.0 Å². The number of aryl methyl sites for hydroxylation is 1. The molecule has 0 saturated carbocycles. The molecule has 0 amide bonds. The van der Waals surface area contributed by atoms with Gasteiger partial charge in [0.2, 0.25) is 0 Å². The van der Waals surface area contributed by atoms with Crippen molar-refractivity contribution < 1.29 is 27.8 Å². The van der Waals surface area contributed by atoms with Crippen LogP contribution >= 0.6 is 0 Å². The van der Waals surface area contributed by atoms with Crippen molar-refractivity contribution in [1.29, 1.82) is 0 Å². The highest BCUT2D eigenvalue weighted by Gasteiger charge is 2.24. The number of ether oxygens (including phenoxy) is 1. The molecule has 0 aromatic heterocycles. The van der Waals surface area contributed by atoms with Crippen LogP contribution in [0.5, 0.6) is 5.75 Å². The van der Waals surface area contributed by atoms with Crippen LogP contribution in [0, 0.1) is 0 Å². The molecule has 0 radical (unpaired) electrons. The van der Waals surface area contributed by atoms with Gasteiger partial charge in [0.25, 0.3) is 6.43 Å². The minimum Gasteiger partial charge on any atom is -0.496 e. The van der Waals surface area contributed by atoms with E-state index in [4.69, 9.17) is 4.74 Å². The van der Waals surface area contributed by atoms with E-state index in [0.29, 0.717) is 19.3 Å². The van der Waals surface area contributed by atoms with Crippen LogP contribution in [0.25, 0.3) is 17.2 Å². The lowest BCUT2D eigenvalue weighted by atomic mass is 9.86. The lowest BCUT2D eigenvalue weighted by Gasteiger charge is -2.33. The third-order valence-electron chi connectivity index (χ3n) is 7.64. The van der Waals surface area contributed by atoms with Gasteiger partial charge in [-0.15, -0.1) is 0 Å². The third kappa shape index (κ3) is 5.85. The Labute approximate surface area is 232 Å². The Balaban J connectivity index is 1.57. The highest BCUT2D eigenvalue weighted by molar-refractivity contribution is 6.01. The van der Waals surface area contributed by atoms with Crippen molar-refractivity contribution in [2.75, 3.05) is 33.4 Å². The number of allylic oxidation sites excluding steroid dienone is 1. The van der Waals surface area contributed by atoms with Crippen molar-refractivity contribution in [1.82, 2.24) is 4.90 Å². The molecule has 40 heavy (non-hydrogen) atoms. The summed E-state index contributed by atoms with van der Waals surface area (Å²) < 4.78 is 44.9. The van der Waals surface area contributed by atoms with E-state index in [-0.39, 0.29) is 23.6 Å². The van der Waals surface area contributed by atoms with E-state index in [2.05, 4.69) is 35.2 Å². The molecule has 0 bridgehead atoms. The van der Waals surface area contributed by atoms with Crippen molar-refractivity contribution in [2.24, 2.45) is 0 Å². The van der Waals surface area contributed by atoms with Crippen LogP contribution < -0.4 is 4.74 Å². The maximum atomic E-state index is 13.6. The summed E-state index contributed by atoms with van der Waals surface area (Å²) in [6.07, 6.45) is 2.28. The Morgan fingerprint density at radius 3 is 2.45 bits per heavy atom. The molecule has 3 aromatic rings. The predicted octanol–water partition coefficient (Wildman–Crippen LogP) is 7.69. The Hall–Kier alpha value is -3.84. The predicted molar refractivity (Wildman–Crippen MR) is 152 cm³/mol. The number of alkyl halides is 3. The number of nitrogens with zero attached hydrogens (tertiary/aromatic N) is 1. The van der Waals surface area contributed by atoms with Crippen LogP contribution in [0.4, 0.5) is 13.2 Å². The third-order valence-corrected chi connectivity index (χ3v) is 7.64. The molecule has 1 N–H and O–H groups in total. The van der Waals surface area contributed by atoms with Gasteiger partial charge in [0.05, 0.1) is 24.9 Å². The molecule has 208 valence electrons. The van der Waals surface area contributed by atoms with Gasteiger partial charge < -0.3 is 9.84 Å². The summed E-state index contributed by atoms with van der Waals surface area (Å²) >= 11 is 0. The molecule has 1 aliphatic carbocycles. The Morgan fingerprint density at radius 1 is 1.02 bits per heavy atom. The summed E-state index contributed by atoms with van der Waals surface area (Å²) in [6.45, 7) is 2.19. The molecule has 2 aliphatic rings. The number of aromatic carboxylic acids is 1. The zero-order valence-corrected chi connectivity index (χ0v) is 22.4. The molecule has 4 nitrogen and oxygen atoms in total. The summed E-state index contributed by atoms with van der Waals surface area (Å²) in [5.41, 5.74) is 8.13. The quantitative estimate of drug-likeness (QED) is 0.299. The van der Waals surface area contributed by atoms with E-state index >= 15 is 0 Å². The highest BCUT2D eigenvalue weighted by Crippen LogP contribution is 2.42. The lowest BCUT2D eigenvalue weighted by molar-refractivity contribution is 0.0696. The van der Waals surface area contributed by atoms with E-state index in [1.54, 1.807) is 24.3 Å². The number of likely N-dealkylation sites (tertiary alicyclic amines) is 1. The minimum atomic E-state index is -2.64. The molecule has 0 atom stereocenters. The van der Waals surface area contributed by atoms with Crippen molar-refractivity contribution in [3.8, 4) is 5.75 Å². The van der Waals surface area contributed by atoms with E-state index in [1.807, 2.05) is 6.07 Å². The van der Waals surface area contributed by atoms with Crippen molar-refractivity contribution in [3.63, 3.8) is 0 Å². The minimum absolute atomic E-state index is 0.146. The molecule has 1 heterocycles. The second kappa shape index (κ2) is 12.1. The maximum Gasteiger partial charge on any atom is 0.335 e. The summed E-state index contributed by atoms with van der Waals surface area (Å²) in [4.78, 5) is 13.9. The molecule has 7 heteroatoms. The number of benzene rings is 3. The number of hydrogen-bond acceptors (Lipinski definition) is 3. The summed E-state index contributed by atoms with van der Waals surface area (Å²) in [5.74, 6) is -0.824.